The Morgan fingerprint density at radius 1 is 1.14 bits per heavy atom. The summed E-state index contributed by atoms with van der Waals surface area (Å²) in [7, 11) is -1.25. The van der Waals surface area contributed by atoms with Gasteiger partial charge in [-0.3, -0.25) is 0 Å². The van der Waals surface area contributed by atoms with Crippen LogP contribution >= 0.6 is 11.6 Å². The summed E-state index contributed by atoms with van der Waals surface area (Å²) in [4.78, 5) is 7.97. The van der Waals surface area contributed by atoms with Crippen molar-refractivity contribution in [2.24, 2.45) is 0 Å². The second-order valence-corrected chi connectivity index (χ2v) is 5.94. The van der Waals surface area contributed by atoms with E-state index >= 15 is 0 Å². The molecule has 0 aliphatic carbocycles. The predicted octanol–water partition coefficient (Wildman–Crippen LogP) is -1.59. The van der Waals surface area contributed by atoms with Gasteiger partial charge in [0.25, 0.3) is 0 Å². The van der Waals surface area contributed by atoms with Crippen molar-refractivity contribution >= 4 is 21.7 Å². The first-order valence-corrected chi connectivity index (χ1v) is 7.91. The second kappa shape index (κ2) is 9.81. The van der Waals surface area contributed by atoms with Crippen LogP contribution in [0, 0.1) is 0 Å². The fraction of sp³-hybridized carbons (Fsp3) is 0.636. The van der Waals surface area contributed by atoms with Gasteiger partial charge in [0, 0.05) is 5.75 Å². The molecule has 1 rings (SSSR count). The number of halogens is 1. The van der Waals surface area contributed by atoms with Gasteiger partial charge in [-0.1, -0.05) is 18.0 Å². The van der Waals surface area contributed by atoms with Crippen molar-refractivity contribution in [3.05, 3.63) is 10.7 Å². The fourth-order valence-corrected chi connectivity index (χ4v) is 2.45. The van der Waals surface area contributed by atoms with E-state index in [2.05, 4.69) is 9.97 Å². The number of methoxy groups -OCH3 is 2. The summed E-state index contributed by atoms with van der Waals surface area (Å²) in [6, 6.07) is 0.119. The topological polar surface area (TPSA) is 101 Å². The Bertz CT molecular complexity index is 556. The van der Waals surface area contributed by atoms with E-state index in [1.807, 2.05) is 0 Å². The van der Waals surface area contributed by atoms with Crippen molar-refractivity contribution in [2.45, 2.75) is 25.7 Å². The van der Waals surface area contributed by atoms with Crippen LogP contribution in [0.4, 0.5) is 0 Å². The number of unbranched alkanes of at least 4 members (excludes halogenated alkanes) is 2. The Morgan fingerprint density at radius 3 is 2.33 bits per heavy atom. The van der Waals surface area contributed by atoms with Crippen LogP contribution in [-0.4, -0.2) is 42.9 Å². The van der Waals surface area contributed by atoms with Gasteiger partial charge in [-0.2, -0.15) is 9.97 Å². The molecule has 114 valence electrons. The minimum absolute atomic E-state index is 0. The molecular weight excluding hydrogens is 331 g/mol. The van der Waals surface area contributed by atoms with E-state index in [0.29, 0.717) is 37.1 Å². The molecule has 0 saturated carbocycles. The summed E-state index contributed by atoms with van der Waals surface area (Å²) in [5, 5.41) is 0.241. The number of ether oxygens (including phenoxy) is 2. The number of aromatic nitrogens is 2. The summed E-state index contributed by atoms with van der Waals surface area (Å²) < 4.78 is 41.4. The number of rotatable bonds is 8. The molecule has 0 radical (unpaired) electrons. The van der Waals surface area contributed by atoms with E-state index in [1.165, 1.54) is 14.2 Å². The summed E-state index contributed by atoms with van der Waals surface area (Å²) in [6.07, 6.45) is 2.10. The molecule has 0 amide bonds. The van der Waals surface area contributed by atoms with Crippen LogP contribution in [0.15, 0.2) is 0 Å². The van der Waals surface area contributed by atoms with Crippen LogP contribution in [0.1, 0.15) is 24.8 Å². The van der Waals surface area contributed by atoms with E-state index < -0.39 is 10.1 Å². The Hall–Kier alpha value is -0.120. The van der Waals surface area contributed by atoms with Gasteiger partial charge < -0.3 is 14.0 Å². The van der Waals surface area contributed by atoms with E-state index in [1.54, 1.807) is 0 Å². The molecule has 0 fully saturated rings. The molecule has 0 N–H and O–H groups in total. The zero-order valence-electron chi connectivity index (χ0n) is 12.3. The molecule has 0 saturated heterocycles. The number of hydrogen-bond donors (Lipinski definition) is 0. The SMILES string of the molecule is COc1nc(Cl)c(CCCCCS(=O)(=O)[O-])c(OC)n1.[Na+]. The average Bonchev–Trinajstić information content (AvgIpc) is 2.38. The zero-order valence-corrected chi connectivity index (χ0v) is 15.8. The van der Waals surface area contributed by atoms with Crippen molar-refractivity contribution in [3.63, 3.8) is 0 Å². The van der Waals surface area contributed by atoms with Crippen molar-refractivity contribution in [2.75, 3.05) is 20.0 Å². The van der Waals surface area contributed by atoms with Crippen molar-refractivity contribution in [1.82, 2.24) is 9.97 Å². The molecular formula is C11H16ClN2NaO5S. The average molecular weight is 347 g/mol. The standard InChI is InChI=1S/C11H17ClN2O5S.Na/c1-18-10-8(9(12)13-11(14-10)19-2)6-4-3-5-7-20(15,16)17;/h3-7H2,1-2H3,(H,15,16,17);/q;+1/p-1. The molecule has 0 spiro atoms. The van der Waals surface area contributed by atoms with E-state index in [0.717, 1.165) is 0 Å². The maximum absolute atomic E-state index is 10.5. The third kappa shape index (κ3) is 7.62. The van der Waals surface area contributed by atoms with Gasteiger partial charge in [-0.25, -0.2) is 8.42 Å². The molecule has 0 aliphatic rings. The second-order valence-electron chi connectivity index (χ2n) is 4.06. The van der Waals surface area contributed by atoms with Crippen LogP contribution in [-0.2, 0) is 16.5 Å². The maximum atomic E-state index is 10.5. The summed E-state index contributed by atoms with van der Waals surface area (Å²) >= 11 is 6.02. The van der Waals surface area contributed by atoms with Gasteiger partial charge in [-0.15, -0.1) is 0 Å². The van der Waals surface area contributed by atoms with E-state index in [4.69, 9.17) is 21.1 Å². The van der Waals surface area contributed by atoms with Gasteiger partial charge in [0.05, 0.1) is 29.9 Å². The van der Waals surface area contributed by atoms with Crippen LogP contribution in [0.25, 0.3) is 0 Å². The monoisotopic (exact) mass is 346 g/mol. The van der Waals surface area contributed by atoms with Crippen LogP contribution in [0.3, 0.4) is 0 Å². The van der Waals surface area contributed by atoms with Crippen LogP contribution in [0.2, 0.25) is 5.15 Å². The van der Waals surface area contributed by atoms with Gasteiger partial charge >= 0.3 is 35.6 Å². The minimum Gasteiger partial charge on any atom is -0.748 e. The minimum atomic E-state index is -4.14. The molecule has 1 heterocycles. The molecule has 0 atom stereocenters. The van der Waals surface area contributed by atoms with Crippen molar-refractivity contribution < 1.29 is 52.0 Å². The van der Waals surface area contributed by atoms with Crippen LogP contribution < -0.4 is 39.0 Å². The molecule has 21 heavy (non-hydrogen) atoms. The Morgan fingerprint density at radius 2 is 1.81 bits per heavy atom. The van der Waals surface area contributed by atoms with Crippen LogP contribution in [0.5, 0.6) is 11.9 Å². The van der Waals surface area contributed by atoms with Gasteiger partial charge in [0.2, 0.25) is 5.88 Å². The summed E-state index contributed by atoms with van der Waals surface area (Å²) in [6.45, 7) is 0. The number of nitrogens with zero attached hydrogens (tertiary/aromatic N) is 2. The zero-order chi connectivity index (χ0) is 15.2. The predicted molar refractivity (Wildman–Crippen MR) is 72.3 cm³/mol. The smallest absolute Gasteiger partial charge is 0.748 e. The molecule has 1 aromatic heterocycles. The quantitative estimate of drug-likeness (QED) is 0.242. The van der Waals surface area contributed by atoms with E-state index in [9.17, 15) is 13.0 Å². The fourth-order valence-electron chi connectivity index (χ4n) is 1.65. The molecule has 0 unspecified atom stereocenters. The third-order valence-corrected chi connectivity index (χ3v) is 3.70. The first kappa shape index (κ1) is 20.9. The first-order valence-electron chi connectivity index (χ1n) is 5.95. The summed E-state index contributed by atoms with van der Waals surface area (Å²) in [5.41, 5.74) is 0.639. The number of hydrogen-bond acceptors (Lipinski definition) is 7. The summed E-state index contributed by atoms with van der Waals surface area (Å²) in [5.74, 6) is -0.0185. The maximum Gasteiger partial charge on any atom is 1.00 e. The Kier molecular flexibility index (Phi) is 9.75. The molecule has 0 aromatic carbocycles. The Balaban J connectivity index is 0.00000400. The third-order valence-electron chi connectivity index (χ3n) is 2.60. The van der Waals surface area contributed by atoms with Crippen molar-refractivity contribution in [3.8, 4) is 11.9 Å². The molecule has 7 nitrogen and oxygen atoms in total. The molecule has 0 bridgehead atoms. The van der Waals surface area contributed by atoms with E-state index in [-0.39, 0.29) is 46.5 Å². The van der Waals surface area contributed by atoms with Gasteiger partial charge in [-0.05, 0) is 19.3 Å². The molecule has 0 aliphatic heterocycles. The van der Waals surface area contributed by atoms with Crippen molar-refractivity contribution in [1.29, 1.82) is 0 Å². The molecule has 10 heteroatoms. The van der Waals surface area contributed by atoms with Gasteiger partial charge in [0.1, 0.15) is 5.15 Å². The first-order chi connectivity index (χ1) is 9.37. The largest absolute Gasteiger partial charge is 1.00 e. The molecule has 1 aromatic rings. The Labute approximate surface area is 151 Å². The van der Waals surface area contributed by atoms with Gasteiger partial charge in [0.15, 0.2) is 0 Å². The normalized spacial score (nSPS) is 10.9.